The van der Waals surface area contributed by atoms with Crippen LogP contribution in [-0.2, 0) is 10.0 Å². The summed E-state index contributed by atoms with van der Waals surface area (Å²) >= 11 is 0. The van der Waals surface area contributed by atoms with Crippen LogP contribution in [0.3, 0.4) is 0 Å². The molecule has 0 fully saturated rings. The molecule has 3 aromatic rings. The fraction of sp³-hybridized carbons (Fsp3) is 0.125. The SMILES string of the molecule is O=S(=O)(NCCNc1ccc(-n2cccc2)nn1)c1cc(F)cc(F)c1. The van der Waals surface area contributed by atoms with Crippen LogP contribution in [0.1, 0.15) is 0 Å². The second kappa shape index (κ2) is 7.58. The summed E-state index contributed by atoms with van der Waals surface area (Å²) in [5, 5.41) is 10.9. The van der Waals surface area contributed by atoms with E-state index >= 15 is 0 Å². The molecule has 1 aromatic carbocycles. The molecule has 136 valence electrons. The Labute approximate surface area is 148 Å². The average Bonchev–Trinajstić information content (AvgIpc) is 3.13. The monoisotopic (exact) mass is 379 g/mol. The van der Waals surface area contributed by atoms with Crippen LogP contribution in [0.2, 0.25) is 0 Å². The number of nitrogens with zero attached hydrogens (tertiary/aromatic N) is 3. The van der Waals surface area contributed by atoms with Crippen LogP contribution < -0.4 is 10.0 Å². The summed E-state index contributed by atoms with van der Waals surface area (Å²) in [6.45, 7) is 0.218. The van der Waals surface area contributed by atoms with Crippen molar-refractivity contribution in [2.24, 2.45) is 0 Å². The third-order valence-corrected chi connectivity index (χ3v) is 4.83. The van der Waals surface area contributed by atoms with E-state index in [0.29, 0.717) is 17.7 Å². The molecule has 3 rings (SSSR count). The van der Waals surface area contributed by atoms with E-state index < -0.39 is 26.6 Å². The van der Waals surface area contributed by atoms with Gasteiger partial charge in [-0.3, -0.25) is 0 Å². The molecule has 26 heavy (non-hydrogen) atoms. The summed E-state index contributed by atoms with van der Waals surface area (Å²) in [5.74, 6) is -0.797. The molecule has 0 saturated carbocycles. The Morgan fingerprint density at radius 2 is 1.65 bits per heavy atom. The van der Waals surface area contributed by atoms with Crippen LogP contribution in [0.15, 0.2) is 59.8 Å². The minimum atomic E-state index is -4.01. The normalized spacial score (nSPS) is 11.5. The first-order valence-corrected chi connectivity index (χ1v) is 9.09. The molecule has 0 unspecified atom stereocenters. The minimum Gasteiger partial charge on any atom is -0.367 e. The summed E-state index contributed by atoms with van der Waals surface area (Å²) in [6.07, 6.45) is 3.67. The second-order valence-electron chi connectivity index (χ2n) is 5.30. The van der Waals surface area contributed by atoms with Gasteiger partial charge < -0.3 is 9.88 Å². The van der Waals surface area contributed by atoms with Crippen molar-refractivity contribution in [2.75, 3.05) is 18.4 Å². The molecule has 0 saturated heterocycles. The van der Waals surface area contributed by atoms with Crippen molar-refractivity contribution in [1.29, 1.82) is 0 Å². The zero-order valence-electron chi connectivity index (χ0n) is 13.4. The Kier molecular flexibility index (Phi) is 5.24. The first-order valence-electron chi connectivity index (χ1n) is 7.61. The van der Waals surface area contributed by atoms with Gasteiger partial charge in [0.1, 0.15) is 17.5 Å². The average molecular weight is 379 g/mol. The summed E-state index contributed by atoms with van der Waals surface area (Å²) in [7, 11) is -4.01. The number of benzene rings is 1. The number of rotatable bonds is 7. The van der Waals surface area contributed by atoms with Crippen LogP contribution in [0, 0.1) is 11.6 Å². The lowest BCUT2D eigenvalue weighted by atomic mass is 10.3. The molecule has 2 N–H and O–H groups in total. The molecule has 2 heterocycles. The van der Waals surface area contributed by atoms with E-state index in [1.54, 1.807) is 16.7 Å². The highest BCUT2D eigenvalue weighted by Gasteiger charge is 2.15. The van der Waals surface area contributed by atoms with Gasteiger partial charge in [-0.25, -0.2) is 21.9 Å². The zero-order valence-corrected chi connectivity index (χ0v) is 14.2. The van der Waals surface area contributed by atoms with Gasteiger partial charge in [-0.1, -0.05) is 0 Å². The quantitative estimate of drug-likeness (QED) is 0.613. The molecule has 0 spiro atoms. The molecule has 0 bridgehead atoms. The Balaban J connectivity index is 1.53. The van der Waals surface area contributed by atoms with Crippen molar-refractivity contribution in [2.45, 2.75) is 4.90 Å². The largest absolute Gasteiger partial charge is 0.367 e. The van der Waals surface area contributed by atoms with E-state index in [2.05, 4.69) is 20.2 Å². The Hall–Kier alpha value is -2.85. The highest BCUT2D eigenvalue weighted by molar-refractivity contribution is 7.89. The highest BCUT2D eigenvalue weighted by atomic mass is 32.2. The van der Waals surface area contributed by atoms with Gasteiger partial charge in [-0.15, -0.1) is 10.2 Å². The lowest BCUT2D eigenvalue weighted by Gasteiger charge is -2.09. The minimum absolute atomic E-state index is 0.00149. The number of hydrogen-bond acceptors (Lipinski definition) is 5. The maximum atomic E-state index is 13.1. The fourth-order valence-electron chi connectivity index (χ4n) is 2.19. The van der Waals surface area contributed by atoms with Gasteiger partial charge >= 0.3 is 0 Å². The lowest BCUT2D eigenvalue weighted by molar-refractivity contribution is 0.562. The lowest BCUT2D eigenvalue weighted by Crippen LogP contribution is -2.29. The Morgan fingerprint density at radius 1 is 0.962 bits per heavy atom. The number of nitrogens with one attached hydrogen (secondary N) is 2. The van der Waals surface area contributed by atoms with Crippen LogP contribution >= 0.6 is 0 Å². The number of sulfonamides is 1. The smallest absolute Gasteiger partial charge is 0.240 e. The van der Waals surface area contributed by atoms with E-state index in [0.717, 1.165) is 12.1 Å². The molecule has 2 aromatic heterocycles. The van der Waals surface area contributed by atoms with E-state index in [1.807, 2.05) is 24.5 Å². The third-order valence-electron chi connectivity index (χ3n) is 3.39. The topological polar surface area (TPSA) is 88.9 Å². The standard InChI is InChI=1S/C16H15F2N5O2S/c17-12-9-13(18)11-14(10-12)26(24,25)20-6-5-19-15-3-4-16(22-21-15)23-7-1-2-8-23/h1-4,7-11,20H,5-6H2,(H,19,21). The van der Waals surface area contributed by atoms with Crippen LogP contribution in [-0.4, -0.2) is 36.3 Å². The van der Waals surface area contributed by atoms with E-state index in [1.165, 1.54) is 0 Å². The predicted molar refractivity (Wildman–Crippen MR) is 91.4 cm³/mol. The van der Waals surface area contributed by atoms with Gasteiger partial charge in [0, 0.05) is 31.5 Å². The maximum absolute atomic E-state index is 13.1. The number of anilines is 1. The van der Waals surface area contributed by atoms with Gasteiger partial charge in [0.15, 0.2) is 5.82 Å². The molecule has 0 aliphatic rings. The molecule has 0 radical (unpaired) electrons. The molecule has 0 atom stereocenters. The van der Waals surface area contributed by atoms with Crippen molar-refractivity contribution in [3.8, 4) is 5.82 Å². The number of hydrogen-bond donors (Lipinski definition) is 2. The van der Waals surface area contributed by atoms with E-state index in [4.69, 9.17) is 0 Å². The van der Waals surface area contributed by atoms with Gasteiger partial charge in [-0.2, -0.15) is 0 Å². The molecule has 7 nitrogen and oxygen atoms in total. The zero-order chi connectivity index (χ0) is 18.6. The summed E-state index contributed by atoms with van der Waals surface area (Å²) in [4.78, 5) is -0.467. The number of aromatic nitrogens is 3. The van der Waals surface area contributed by atoms with Gasteiger partial charge in [0.25, 0.3) is 0 Å². The van der Waals surface area contributed by atoms with Crippen molar-refractivity contribution in [3.05, 3.63) is 66.5 Å². The molecule has 0 aliphatic carbocycles. The van der Waals surface area contributed by atoms with Crippen molar-refractivity contribution < 1.29 is 17.2 Å². The first-order chi connectivity index (χ1) is 12.4. The van der Waals surface area contributed by atoms with E-state index in [-0.39, 0.29) is 13.1 Å². The summed E-state index contributed by atoms with van der Waals surface area (Å²) < 4.78 is 54.4. The van der Waals surface area contributed by atoms with Gasteiger partial charge in [-0.05, 0) is 36.4 Å². The van der Waals surface area contributed by atoms with Crippen molar-refractivity contribution in [1.82, 2.24) is 19.5 Å². The highest BCUT2D eigenvalue weighted by Crippen LogP contribution is 2.13. The van der Waals surface area contributed by atoms with Crippen molar-refractivity contribution >= 4 is 15.8 Å². The predicted octanol–water partition coefficient (Wildman–Crippen LogP) is 1.94. The second-order valence-corrected chi connectivity index (χ2v) is 7.06. The summed E-state index contributed by atoms with van der Waals surface area (Å²) in [5.41, 5.74) is 0. The van der Waals surface area contributed by atoms with Crippen molar-refractivity contribution in [3.63, 3.8) is 0 Å². The van der Waals surface area contributed by atoms with Crippen LogP contribution in [0.5, 0.6) is 0 Å². The molecular formula is C16H15F2N5O2S. The van der Waals surface area contributed by atoms with Crippen LogP contribution in [0.4, 0.5) is 14.6 Å². The van der Waals surface area contributed by atoms with Gasteiger partial charge in [0.05, 0.1) is 4.90 Å². The Bertz CT molecular complexity index is 956. The molecule has 0 aliphatic heterocycles. The summed E-state index contributed by atoms with van der Waals surface area (Å²) in [6, 6.07) is 9.31. The number of halogens is 2. The third kappa shape index (κ3) is 4.41. The van der Waals surface area contributed by atoms with Gasteiger partial charge in [0.2, 0.25) is 10.0 Å². The molecular weight excluding hydrogens is 364 g/mol. The maximum Gasteiger partial charge on any atom is 0.240 e. The molecule has 10 heteroatoms. The first kappa shape index (κ1) is 18.0. The van der Waals surface area contributed by atoms with E-state index in [9.17, 15) is 17.2 Å². The van der Waals surface area contributed by atoms with Crippen LogP contribution in [0.25, 0.3) is 5.82 Å². The molecule has 0 amide bonds. The Morgan fingerprint density at radius 3 is 2.27 bits per heavy atom. The fourth-order valence-corrected chi connectivity index (χ4v) is 3.26.